The van der Waals surface area contributed by atoms with Crippen molar-refractivity contribution in [2.45, 2.75) is 51.7 Å². The molecule has 2 amide bonds. The van der Waals surface area contributed by atoms with Gasteiger partial charge in [-0.2, -0.15) is 18.9 Å². The van der Waals surface area contributed by atoms with Crippen LogP contribution in [0.1, 0.15) is 38.4 Å². The molecule has 1 aromatic heterocycles. The number of nitrogens with zero attached hydrogens (tertiary/aromatic N) is 4. The van der Waals surface area contributed by atoms with Gasteiger partial charge in [0.05, 0.1) is 13.0 Å². The number of alkyl halides is 2. The van der Waals surface area contributed by atoms with Crippen LogP contribution in [0.4, 0.5) is 19.4 Å². The van der Waals surface area contributed by atoms with Crippen LogP contribution in [0.5, 0.6) is 0 Å². The maximum atomic E-state index is 14.2. The van der Waals surface area contributed by atoms with Gasteiger partial charge in [-0.1, -0.05) is 20.8 Å². The van der Waals surface area contributed by atoms with E-state index in [1.54, 1.807) is 20.8 Å². The minimum Gasteiger partial charge on any atom is -0.481 e. The maximum absolute atomic E-state index is 14.2. The van der Waals surface area contributed by atoms with Crippen molar-refractivity contribution in [1.82, 2.24) is 14.7 Å². The number of aliphatic hydroxyl groups is 3. The first kappa shape index (κ1) is 30.5. The summed E-state index contributed by atoms with van der Waals surface area (Å²) in [5.41, 5.74) is -2.33. The smallest absolute Gasteiger partial charge is 0.436 e. The molecule has 36 heavy (non-hydrogen) atoms. The number of carbonyl (C=O) groups is 4. The zero-order valence-electron chi connectivity index (χ0n) is 19.5. The van der Waals surface area contributed by atoms with Gasteiger partial charge in [-0.25, -0.2) is 20.0 Å². The highest BCUT2D eigenvalue weighted by atomic mass is 19.3. The second-order valence-electron chi connectivity index (χ2n) is 8.61. The number of carboxylic acid groups (broad SMARTS) is 1. The molecule has 202 valence electrons. The third-order valence-corrected chi connectivity index (χ3v) is 4.30. The van der Waals surface area contributed by atoms with Gasteiger partial charge in [0.2, 0.25) is 0 Å². The molecule has 0 aliphatic rings. The first-order valence-electron chi connectivity index (χ1n) is 10.2. The molecule has 0 radical (unpaired) electrons. The molecular weight excluding hydrogens is 496 g/mol. The van der Waals surface area contributed by atoms with Gasteiger partial charge in [0.15, 0.2) is 11.9 Å². The summed E-state index contributed by atoms with van der Waals surface area (Å²) in [5, 5.41) is 36.5. The second-order valence-corrected chi connectivity index (χ2v) is 8.61. The number of hydrogen-bond acceptors (Lipinski definition) is 11. The van der Waals surface area contributed by atoms with Gasteiger partial charge in [-0.15, -0.1) is 5.01 Å². The molecule has 0 bridgehead atoms. The molecule has 0 aromatic carbocycles. The molecule has 0 saturated carbocycles. The van der Waals surface area contributed by atoms with Crippen LogP contribution >= 0.6 is 0 Å². The highest BCUT2D eigenvalue weighted by molar-refractivity contribution is 5.91. The van der Waals surface area contributed by atoms with Crippen LogP contribution in [0.25, 0.3) is 0 Å². The van der Waals surface area contributed by atoms with Gasteiger partial charge in [0, 0.05) is 18.7 Å². The molecule has 0 aliphatic heterocycles. The normalized spacial score (nSPS) is 13.5. The van der Waals surface area contributed by atoms with Gasteiger partial charge in [-0.3, -0.25) is 14.4 Å². The number of aromatic nitrogens is 2. The van der Waals surface area contributed by atoms with Crippen molar-refractivity contribution in [3.8, 4) is 0 Å². The quantitative estimate of drug-likeness (QED) is 0.145. The van der Waals surface area contributed by atoms with Crippen LogP contribution in [0.15, 0.2) is 17.1 Å². The third-order valence-electron chi connectivity index (χ3n) is 4.30. The van der Waals surface area contributed by atoms with Gasteiger partial charge in [-0.05, 0) is 5.41 Å². The lowest BCUT2D eigenvalue weighted by Crippen LogP contribution is -2.56. The predicted molar refractivity (Wildman–Crippen MR) is 114 cm³/mol. The standard InChI is InChI=1S/C19H27F2N5O10/c1-18(2,3)8-12(29)26(22)25(17(35)36-7-5-13(30)31)11-4-6-24(16(34)23-11)15(33)19(20,21)14(32)10(28)9-27/h4,6,10,14,27-28,32H,5,7-9,22H2,1-3H3,(H,30,31)/t10-,14-/m1/s1. The van der Waals surface area contributed by atoms with Crippen LogP contribution in [0.3, 0.4) is 0 Å². The second kappa shape index (κ2) is 11.9. The lowest BCUT2D eigenvalue weighted by Gasteiger charge is -2.31. The van der Waals surface area contributed by atoms with Crippen LogP contribution < -0.4 is 16.5 Å². The van der Waals surface area contributed by atoms with E-state index < -0.39 is 78.6 Å². The van der Waals surface area contributed by atoms with E-state index in [0.29, 0.717) is 12.3 Å². The van der Waals surface area contributed by atoms with E-state index in [1.165, 1.54) is 0 Å². The molecule has 0 aliphatic carbocycles. The van der Waals surface area contributed by atoms with Crippen molar-refractivity contribution in [1.29, 1.82) is 0 Å². The Kier molecular flexibility index (Phi) is 10.1. The number of aliphatic carboxylic acids is 1. The monoisotopic (exact) mass is 523 g/mol. The summed E-state index contributed by atoms with van der Waals surface area (Å²) < 4.78 is 32.9. The Morgan fingerprint density at radius 1 is 1.22 bits per heavy atom. The minimum atomic E-state index is -4.74. The number of hydrazine groups is 2. The van der Waals surface area contributed by atoms with Crippen molar-refractivity contribution < 1.29 is 53.1 Å². The zero-order chi connectivity index (χ0) is 28.0. The molecule has 1 aromatic rings. The minimum absolute atomic E-state index is 0.220. The summed E-state index contributed by atoms with van der Waals surface area (Å²) in [6, 6.07) is 0.660. The Morgan fingerprint density at radius 3 is 2.28 bits per heavy atom. The van der Waals surface area contributed by atoms with E-state index >= 15 is 0 Å². The summed E-state index contributed by atoms with van der Waals surface area (Å²) in [5.74, 6) is -4.32. The summed E-state index contributed by atoms with van der Waals surface area (Å²) >= 11 is 0. The van der Waals surface area contributed by atoms with E-state index in [9.17, 15) is 43.0 Å². The molecular formula is C19H27F2N5O10. The number of ether oxygens (including phenoxy) is 1. The first-order valence-corrected chi connectivity index (χ1v) is 10.2. The molecule has 0 saturated heterocycles. The fourth-order valence-corrected chi connectivity index (χ4v) is 2.52. The number of hydrogen-bond donors (Lipinski definition) is 5. The van der Waals surface area contributed by atoms with Crippen molar-refractivity contribution in [3.63, 3.8) is 0 Å². The predicted octanol–water partition coefficient (Wildman–Crippen LogP) is -1.30. The maximum Gasteiger partial charge on any atom is 0.436 e. The average Bonchev–Trinajstić information content (AvgIpc) is 2.76. The highest BCUT2D eigenvalue weighted by Crippen LogP contribution is 2.24. The number of amides is 2. The topological polar surface area (TPSA) is 226 Å². The average molecular weight is 523 g/mol. The lowest BCUT2D eigenvalue weighted by atomic mass is 9.92. The van der Waals surface area contributed by atoms with Crippen LogP contribution in [-0.4, -0.2) is 90.3 Å². The molecule has 0 spiro atoms. The van der Waals surface area contributed by atoms with E-state index in [1.807, 2.05) is 0 Å². The Balaban J connectivity index is 3.40. The third kappa shape index (κ3) is 7.74. The Bertz CT molecular complexity index is 1040. The SMILES string of the molecule is CC(C)(C)CC(=O)N(N)N(C(=O)OCCC(=O)O)c1ccn(C(=O)C(F)(F)[C@H](O)[C@H](O)CO)c(=O)n1. The summed E-state index contributed by atoms with van der Waals surface area (Å²) in [7, 11) is 0. The molecule has 1 rings (SSSR count). The number of carboxylic acids is 1. The van der Waals surface area contributed by atoms with Gasteiger partial charge < -0.3 is 25.2 Å². The molecule has 15 nitrogen and oxygen atoms in total. The number of anilines is 1. The highest BCUT2D eigenvalue weighted by Gasteiger charge is 2.51. The Labute approximate surface area is 202 Å². The largest absolute Gasteiger partial charge is 0.481 e. The zero-order valence-corrected chi connectivity index (χ0v) is 19.5. The first-order chi connectivity index (χ1) is 16.4. The van der Waals surface area contributed by atoms with Crippen molar-refractivity contribution in [2.75, 3.05) is 18.2 Å². The molecule has 17 heteroatoms. The van der Waals surface area contributed by atoms with Crippen molar-refractivity contribution in [3.05, 3.63) is 22.7 Å². The fraction of sp³-hybridized carbons (Fsp3) is 0.579. The van der Waals surface area contributed by atoms with E-state index in [2.05, 4.69) is 4.98 Å². The number of rotatable bonds is 9. The number of nitrogens with two attached hydrogens (primary N) is 1. The molecule has 6 N–H and O–H groups in total. The summed E-state index contributed by atoms with van der Waals surface area (Å²) in [6.45, 7) is 3.02. The van der Waals surface area contributed by atoms with Gasteiger partial charge in [0.25, 0.3) is 5.91 Å². The van der Waals surface area contributed by atoms with Crippen molar-refractivity contribution in [2.24, 2.45) is 11.3 Å². The van der Waals surface area contributed by atoms with Crippen LogP contribution in [-0.2, 0) is 14.3 Å². The van der Waals surface area contributed by atoms with Gasteiger partial charge >= 0.3 is 29.6 Å². The Hall–Kier alpha value is -3.54. The van der Waals surface area contributed by atoms with E-state index in [4.69, 9.17) is 20.8 Å². The Morgan fingerprint density at radius 2 is 1.81 bits per heavy atom. The summed E-state index contributed by atoms with van der Waals surface area (Å²) in [4.78, 5) is 63.5. The molecule has 2 atom stereocenters. The van der Waals surface area contributed by atoms with E-state index in [-0.39, 0.29) is 21.1 Å². The molecule has 0 fully saturated rings. The van der Waals surface area contributed by atoms with E-state index in [0.717, 1.165) is 0 Å². The fourth-order valence-electron chi connectivity index (χ4n) is 2.52. The van der Waals surface area contributed by atoms with Crippen LogP contribution in [0.2, 0.25) is 0 Å². The molecule has 0 unspecified atom stereocenters. The van der Waals surface area contributed by atoms with Crippen molar-refractivity contribution >= 4 is 29.7 Å². The summed E-state index contributed by atoms with van der Waals surface area (Å²) in [6.07, 6.45) is -7.36. The number of aliphatic hydroxyl groups excluding tert-OH is 3. The van der Waals surface area contributed by atoms with Crippen LogP contribution in [0, 0.1) is 5.41 Å². The van der Waals surface area contributed by atoms with Gasteiger partial charge in [0.1, 0.15) is 12.7 Å². The molecule has 1 heterocycles. The number of halogens is 2. The number of carbonyl (C=O) groups excluding carboxylic acids is 3. The lowest BCUT2D eigenvalue weighted by molar-refractivity contribution is -0.138.